The van der Waals surface area contributed by atoms with Crippen LogP contribution in [0.2, 0.25) is 5.02 Å². The molecule has 0 aliphatic heterocycles. The van der Waals surface area contributed by atoms with Crippen LogP contribution in [0.25, 0.3) is 5.69 Å². The number of nitriles is 1. The first-order valence-electron chi connectivity index (χ1n) is 5.23. The molecule has 2 aromatic rings. The van der Waals surface area contributed by atoms with Crippen molar-refractivity contribution in [1.82, 2.24) is 20.2 Å². The number of nitrogens with two attached hydrogens (primary N) is 1. The van der Waals surface area contributed by atoms with Gasteiger partial charge in [0.2, 0.25) is 5.71 Å². The fourth-order valence-electron chi connectivity index (χ4n) is 1.28. The van der Waals surface area contributed by atoms with Crippen molar-refractivity contribution in [2.45, 2.75) is 0 Å². The van der Waals surface area contributed by atoms with Crippen molar-refractivity contribution >= 4 is 28.8 Å². The number of benzene rings is 1. The number of nitrogens with zero attached hydrogens (tertiary/aromatic N) is 6. The predicted octanol–water partition coefficient (Wildman–Crippen LogP) is 0.543. The Kier molecular flexibility index (Phi) is 3.88. The molecule has 0 saturated heterocycles. The summed E-state index contributed by atoms with van der Waals surface area (Å²) in [5.41, 5.74) is 8.60. The quantitative estimate of drug-likeness (QED) is 0.426. The topological polar surface area (TPSA) is 142 Å². The first-order chi connectivity index (χ1) is 9.61. The minimum absolute atomic E-state index is 0.242. The molecule has 0 fully saturated rings. The number of anilines is 1. The second kappa shape index (κ2) is 5.77. The monoisotopic (exact) mass is 289 g/mol. The summed E-state index contributed by atoms with van der Waals surface area (Å²) in [4.78, 5) is 0. The van der Waals surface area contributed by atoms with E-state index in [2.05, 4.69) is 26.1 Å². The largest absolute Gasteiger partial charge is 0.382 e. The zero-order valence-electron chi connectivity index (χ0n) is 9.95. The molecule has 0 amide bonds. The van der Waals surface area contributed by atoms with E-state index >= 15 is 0 Å². The first-order valence-corrected chi connectivity index (χ1v) is 5.60. The molecule has 0 aliphatic rings. The highest BCUT2D eigenvalue weighted by Crippen LogP contribution is 2.24. The highest BCUT2D eigenvalue weighted by Gasteiger charge is 2.06. The predicted molar refractivity (Wildman–Crippen MR) is 72.7 cm³/mol. The Morgan fingerprint density at radius 3 is 2.95 bits per heavy atom. The summed E-state index contributed by atoms with van der Waals surface area (Å²) in [6.07, 6.45) is 1.42. The van der Waals surface area contributed by atoms with Gasteiger partial charge in [-0.3, -0.25) is 10.8 Å². The zero-order valence-corrected chi connectivity index (χ0v) is 10.7. The van der Waals surface area contributed by atoms with Gasteiger partial charge < -0.3 is 5.73 Å². The fourth-order valence-corrected chi connectivity index (χ4v) is 1.44. The Morgan fingerprint density at radius 2 is 2.35 bits per heavy atom. The molecule has 9 nitrogen and oxygen atoms in total. The summed E-state index contributed by atoms with van der Waals surface area (Å²) in [6.45, 7) is 0. The Labute approximate surface area is 118 Å². The SMILES string of the molecule is N#C/C(=N\Nc1cc(-n2cnnn2)ccc1Cl)C(=N)N. The molecule has 1 aromatic heterocycles. The molecule has 4 N–H and O–H groups in total. The highest BCUT2D eigenvalue weighted by molar-refractivity contribution is 6.45. The molecule has 0 atom stereocenters. The molecule has 0 bridgehead atoms. The maximum atomic E-state index is 8.74. The molecular weight excluding hydrogens is 282 g/mol. The third-order valence-electron chi connectivity index (χ3n) is 2.21. The van der Waals surface area contributed by atoms with Crippen LogP contribution in [0.5, 0.6) is 0 Å². The molecule has 0 spiro atoms. The van der Waals surface area contributed by atoms with Crippen LogP contribution in [0, 0.1) is 16.7 Å². The Bertz CT molecular complexity index is 698. The van der Waals surface area contributed by atoms with Gasteiger partial charge in [-0.05, 0) is 28.6 Å². The van der Waals surface area contributed by atoms with Gasteiger partial charge in [0, 0.05) is 0 Å². The Hall–Kier alpha value is -2.99. The van der Waals surface area contributed by atoms with E-state index in [1.807, 2.05) is 0 Å². The smallest absolute Gasteiger partial charge is 0.201 e. The Morgan fingerprint density at radius 1 is 1.55 bits per heavy atom. The van der Waals surface area contributed by atoms with Crippen LogP contribution < -0.4 is 11.2 Å². The number of hydrogen-bond donors (Lipinski definition) is 3. The van der Waals surface area contributed by atoms with E-state index in [0.717, 1.165) is 0 Å². The van der Waals surface area contributed by atoms with Crippen LogP contribution in [-0.4, -0.2) is 31.8 Å². The molecule has 1 heterocycles. The van der Waals surface area contributed by atoms with Gasteiger partial charge in [0.25, 0.3) is 0 Å². The van der Waals surface area contributed by atoms with Gasteiger partial charge in [0.15, 0.2) is 5.84 Å². The molecule has 2 rings (SSSR count). The minimum atomic E-state index is -0.437. The van der Waals surface area contributed by atoms with Crippen LogP contribution in [0.3, 0.4) is 0 Å². The van der Waals surface area contributed by atoms with E-state index in [1.54, 1.807) is 24.3 Å². The third-order valence-corrected chi connectivity index (χ3v) is 2.54. The summed E-state index contributed by atoms with van der Waals surface area (Å²) in [5, 5.41) is 30.8. The van der Waals surface area contributed by atoms with E-state index in [1.165, 1.54) is 11.0 Å². The standard InChI is InChI=1S/C10H8ClN9/c11-7-2-1-6(20-5-15-18-19-20)3-8(7)16-17-9(4-12)10(13)14/h1-3,5,16H,(H3,13,14)/b17-9+. The summed E-state index contributed by atoms with van der Waals surface area (Å²) in [6, 6.07) is 6.66. The maximum absolute atomic E-state index is 8.74. The highest BCUT2D eigenvalue weighted by atomic mass is 35.5. The second-order valence-electron chi connectivity index (χ2n) is 3.52. The lowest BCUT2D eigenvalue weighted by Crippen LogP contribution is -2.21. The van der Waals surface area contributed by atoms with Crippen molar-refractivity contribution in [2.24, 2.45) is 10.8 Å². The molecule has 20 heavy (non-hydrogen) atoms. The molecule has 0 unspecified atom stereocenters. The van der Waals surface area contributed by atoms with Crippen molar-refractivity contribution in [3.8, 4) is 11.8 Å². The average Bonchev–Trinajstić information content (AvgIpc) is 2.95. The summed E-state index contributed by atoms with van der Waals surface area (Å²) in [7, 11) is 0. The average molecular weight is 290 g/mol. The lowest BCUT2D eigenvalue weighted by Gasteiger charge is -2.06. The van der Waals surface area contributed by atoms with Crippen molar-refractivity contribution in [1.29, 1.82) is 10.7 Å². The fraction of sp³-hybridized carbons (Fsp3) is 0. The van der Waals surface area contributed by atoms with Crippen LogP contribution >= 0.6 is 11.6 Å². The molecule has 0 radical (unpaired) electrons. The van der Waals surface area contributed by atoms with E-state index in [0.29, 0.717) is 16.4 Å². The normalized spacial score (nSPS) is 10.9. The van der Waals surface area contributed by atoms with E-state index in [4.69, 9.17) is 28.0 Å². The van der Waals surface area contributed by atoms with Crippen molar-refractivity contribution in [3.05, 3.63) is 29.5 Å². The lowest BCUT2D eigenvalue weighted by atomic mass is 10.3. The first kappa shape index (κ1) is 13.4. The van der Waals surface area contributed by atoms with Crippen LogP contribution in [0.15, 0.2) is 29.6 Å². The van der Waals surface area contributed by atoms with Gasteiger partial charge >= 0.3 is 0 Å². The van der Waals surface area contributed by atoms with Gasteiger partial charge in [-0.15, -0.1) is 5.10 Å². The molecule has 0 aliphatic carbocycles. The molecular formula is C10H8ClN9. The number of hydrazone groups is 1. The van der Waals surface area contributed by atoms with Crippen LogP contribution in [-0.2, 0) is 0 Å². The van der Waals surface area contributed by atoms with Gasteiger partial charge in [-0.2, -0.15) is 10.4 Å². The summed E-state index contributed by atoms with van der Waals surface area (Å²) < 4.78 is 1.43. The number of tetrazole rings is 1. The van der Waals surface area contributed by atoms with E-state index < -0.39 is 5.84 Å². The Balaban J connectivity index is 2.31. The van der Waals surface area contributed by atoms with E-state index in [9.17, 15) is 0 Å². The van der Waals surface area contributed by atoms with E-state index in [-0.39, 0.29) is 5.71 Å². The number of hydrogen-bond acceptors (Lipinski definition) is 7. The molecule has 0 saturated carbocycles. The summed E-state index contributed by atoms with van der Waals surface area (Å²) >= 11 is 6.00. The number of amidine groups is 1. The van der Waals surface area contributed by atoms with Gasteiger partial charge in [-0.1, -0.05) is 11.6 Å². The van der Waals surface area contributed by atoms with Gasteiger partial charge in [0.05, 0.1) is 16.4 Å². The maximum Gasteiger partial charge on any atom is 0.201 e. The van der Waals surface area contributed by atoms with Crippen LogP contribution in [0.1, 0.15) is 0 Å². The van der Waals surface area contributed by atoms with Crippen molar-refractivity contribution in [3.63, 3.8) is 0 Å². The zero-order chi connectivity index (χ0) is 14.5. The molecule has 10 heteroatoms. The molecule has 1 aromatic carbocycles. The third kappa shape index (κ3) is 2.88. The van der Waals surface area contributed by atoms with Crippen molar-refractivity contribution < 1.29 is 0 Å². The van der Waals surface area contributed by atoms with Crippen LogP contribution in [0.4, 0.5) is 5.69 Å². The summed E-state index contributed by atoms with van der Waals surface area (Å²) in [5.74, 6) is -0.437. The second-order valence-corrected chi connectivity index (χ2v) is 3.92. The molecule has 100 valence electrons. The number of aromatic nitrogens is 4. The van der Waals surface area contributed by atoms with Crippen molar-refractivity contribution in [2.75, 3.05) is 5.43 Å². The lowest BCUT2D eigenvalue weighted by molar-refractivity contribution is 0.789. The van der Waals surface area contributed by atoms with Gasteiger partial charge in [-0.25, -0.2) is 4.68 Å². The number of nitrogens with one attached hydrogen (secondary N) is 2. The minimum Gasteiger partial charge on any atom is -0.382 e. The number of halogens is 1. The number of rotatable bonds is 4. The van der Waals surface area contributed by atoms with Gasteiger partial charge in [0.1, 0.15) is 12.4 Å².